The molecule has 0 spiro atoms. The van der Waals surface area contributed by atoms with Crippen molar-refractivity contribution in [3.8, 4) is 11.3 Å². The standard InChI is InChI=1S/C22H22N6O/c29-22-8-7-18(16-9-11-23-12-10-16)26-28(22)14-17-4-3-13-27(17)15-21-24-19-5-1-2-6-20(19)25-21/h1-2,5-12,17H,3-4,13-15H2,(H,24,25). The second-order valence-electron chi connectivity index (χ2n) is 7.44. The van der Waals surface area contributed by atoms with E-state index in [1.807, 2.05) is 36.4 Å². The van der Waals surface area contributed by atoms with Crippen LogP contribution >= 0.6 is 0 Å². The van der Waals surface area contributed by atoms with Gasteiger partial charge in [-0.15, -0.1) is 0 Å². The van der Waals surface area contributed by atoms with E-state index in [0.717, 1.165) is 54.0 Å². The summed E-state index contributed by atoms with van der Waals surface area (Å²) in [5.41, 5.74) is 3.72. The summed E-state index contributed by atoms with van der Waals surface area (Å²) < 4.78 is 1.59. The Bertz CT molecular complexity index is 1150. The van der Waals surface area contributed by atoms with Crippen LogP contribution in [0.15, 0.2) is 65.7 Å². The summed E-state index contributed by atoms with van der Waals surface area (Å²) in [4.78, 5) is 27.0. The lowest BCUT2D eigenvalue weighted by Gasteiger charge is -2.23. The van der Waals surface area contributed by atoms with E-state index < -0.39 is 0 Å². The van der Waals surface area contributed by atoms with E-state index in [9.17, 15) is 4.79 Å². The predicted molar refractivity (Wildman–Crippen MR) is 111 cm³/mol. The molecule has 4 heterocycles. The fourth-order valence-corrected chi connectivity index (χ4v) is 4.04. The van der Waals surface area contributed by atoms with Crippen molar-refractivity contribution < 1.29 is 0 Å². The maximum absolute atomic E-state index is 12.4. The van der Waals surface area contributed by atoms with Gasteiger partial charge in [-0.25, -0.2) is 9.67 Å². The van der Waals surface area contributed by atoms with Gasteiger partial charge >= 0.3 is 0 Å². The maximum Gasteiger partial charge on any atom is 0.266 e. The highest BCUT2D eigenvalue weighted by Gasteiger charge is 2.26. The van der Waals surface area contributed by atoms with Crippen molar-refractivity contribution in [1.82, 2.24) is 29.6 Å². The number of likely N-dealkylation sites (tertiary alicyclic amines) is 1. The lowest BCUT2D eigenvalue weighted by atomic mass is 10.2. The van der Waals surface area contributed by atoms with Gasteiger partial charge in [-0.2, -0.15) is 5.10 Å². The zero-order chi connectivity index (χ0) is 19.6. The molecule has 146 valence electrons. The first kappa shape index (κ1) is 17.8. The molecular weight excluding hydrogens is 364 g/mol. The number of imidazole rings is 1. The Kier molecular flexibility index (Phi) is 4.65. The number of aromatic nitrogens is 5. The number of hydrogen-bond acceptors (Lipinski definition) is 5. The van der Waals surface area contributed by atoms with Gasteiger partial charge in [0.15, 0.2) is 0 Å². The van der Waals surface area contributed by atoms with Gasteiger partial charge in [0.25, 0.3) is 5.56 Å². The highest BCUT2D eigenvalue weighted by molar-refractivity contribution is 5.74. The van der Waals surface area contributed by atoms with Gasteiger partial charge in [-0.3, -0.25) is 14.7 Å². The fraction of sp³-hybridized carbons (Fsp3) is 0.273. The van der Waals surface area contributed by atoms with Crippen LogP contribution in [0.25, 0.3) is 22.3 Å². The zero-order valence-electron chi connectivity index (χ0n) is 16.0. The van der Waals surface area contributed by atoms with Crippen molar-refractivity contribution in [1.29, 1.82) is 0 Å². The number of hydrogen-bond donors (Lipinski definition) is 1. The summed E-state index contributed by atoms with van der Waals surface area (Å²) in [6.07, 6.45) is 5.63. The molecule has 1 N–H and O–H groups in total. The molecule has 1 fully saturated rings. The van der Waals surface area contributed by atoms with Crippen molar-refractivity contribution in [3.05, 3.63) is 77.1 Å². The van der Waals surface area contributed by atoms with E-state index in [4.69, 9.17) is 4.98 Å². The molecule has 0 amide bonds. The van der Waals surface area contributed by atoms with Gasteiger partial charge < -0.3 is 4.98 Å². The molecule has 1 unspecified atom stereocenters. The smallest absolute Gasteiger partial charge is 0.266 e. The molecule has 1 atom stereocenters. The van der Waals surface area contributed by atoms with Crippen LogP contribution in [0, 0.1) is 0 Å². The van der Waals surface area contributed by atoms with Gasteiger partial charge in [0.2, 0.25) is 0 Å². The molecule has 7 heteroatoms. The lowest BCUT2D eigenvalue weighted by Crippen LogP contribution is -2.36. The molecule has 3 aromatic heterocycles. The first-order valence-electron chi connectivity index (χ1n) is 9.92. The third-order valence-electron chi connectivity index (χ3n) is 5.52. The molecule has 29 heavy (non-hydrogen) atoms. The number of benzene rings is 1. The number of nitrogens with zero attached hydrogens (tertiary/aromatic N) is 5. The molecule has 1 aromatic carbocycles. The molecule has 7 nitrogen and oxygen atoms in total. The van der Waals surface area contributed by atoms with Crippen LogP contribution in [0.1, 0.15) is 18.7 Å². The zero-order valence-corrected chi connectivity index (χ0v) is 16.0. The third-order valence-corrected chi connectivity index (χ3v) is 5.52. The van der Waals surface area contributed by atoms with E-state index in [2.05, 4.69) is 20.0 Å². The molecule has 0 saturated carbocycles. The Morgan fingerprint density at radius 3 is 2.79 bits per heavy atom. The molecular formula is C22H22N6O. The summed E-state index contributed by atoms with van der Waals surface area (Å²) in [5.74, 6) is 0.962. The molecule has 0 aliphatic carbocycles. The van der Waals surface area contributed by atoms with Gasteiger partial charge in [0, 0.05) is 30.1 Å². The Morgan fingerprint density at radius 2 is 1.93 bits per heavy atom. The summed E-state index contributed by atoms with van der Waals surface area (Å²) in [6, 6.07) is 15.5. The van der Waals surface area contributed by atoms with Crippen molar-refractivity contribution in [3.63, 3.8) is 0 Å². The normalized spacial score (nSPS) is 17.2. The summed E-state index contributed by atoms with van der Waals surface area (Å²) in [6.45, 7) is 2.33. The van der Waals surface area contributed by atoms with E-state index in [1.165, 1.54) is 0 Å². The highest BCUT2D eigenvalue weighted by Crippen LogP contribution is 2.22. The Hall–Kier alpha value is -3.32. The minimum atomic E-state index is -0.0709. The number of H-pyrrole nitrogens is 1. The first-order chi connectivity index (χ1) is 14.3. The van der Waals surface area contributed by atoms with Gasteiger partial charge in [0.1, 0.15) is 5.82 Å². The topological polar surface area (TPSA) is 79.7 Å². The van der Waals surface area contributed by atoms with Gasteiger partial charge in [0.05, 0.1) is 29.8 Å². The van der Waals surface area contributed by atoms with Crippen molar-refractivity contribution in [2.45, 2.75) is 32.0 Å². The molecule has 0 radical (unpaired) electrons. The van der Waals surface area contributed by atoms with E-state index in [1.54, 1.807) is 29.2 Å². The summed E-state index contributed by atoms with van der Waals surface area (Å²) in [5, 5.41) is 4.61. The SMILES string of the molecule is O=c1ccc(-c2ccncc2)nn1CC1CCCN1Cc1nc2ccccc2[nH]1. The Labute approximate surface area is 168 Å². The number of para-hydroxylation sites is 2. The average molecular weight is 386 g/mol. The lowest BCUT2D eigenvalue weighted by molar-refractivity contribution is 0.213. The minimum Gasteiger partial charge on any atom is -0.341 e. The van der Waals surface area contributed by atoms with Crippen LogP contribution in [0.3, 0.4) is 0 Å². The van der Waals surface area contributed by atoms with Crippen LogP contribution in [0.4, 0.5) is 0 Å². The second kappa shape index (κ2) is 7.60. The monoisotopic (exact) mass is 386 g/mol. The van der Waals surface area contributed by atoms with Crippen molar-refractivity contribution in [2.75, 3.05) is 6.54 Å². The molecule has 1 aliphatic rings. The van der Waals surface area contributed by atoms with Crippen LogP contribution in [0.5, 0.6) is 0 Å². The van der Waals surface area contributed by atoms with Crippen LogP contribution < -0.4 is 5.56 Å². The van der Waals surface area contributed by atoms with E-state index >= 15 is 0 Å². The first-order valence-corrected chi connectivity index (χ1v) is 9.92. The van der Waals surface area contributed by atoms with Crippen molar-refractivity contribution >= 4 is 11.0 Å². The second-order valence-corrected chi connectivity index (χ2v) is 7.44. The van der Waals surface area contributed by atoms with E-state index in [-0.39, 0.29) is 11.6 Å². The van der Waals surface area contributed by atoms with Crippen LogP contribution in [-0.2, 0) is 13.1 Å². The average Bonchev–Trinajstić information content (AvgIpc) is 3.36. The minimum absolute atomic E-state index is 0.0709. The predicted octanol–water partition coefficient (Wildman–Crippen LogP) is 2.85. The fourth-order valence-electron chi connectivity index (χ4n) is 4.04. The number of aromatic amines is 1. The Morgan fingerprint density at radius 1 is 1.07 bits per heavy atom. The number of rotatable bonds is 5. The number of pyridine rings is 1. The number of fused-ring (bicyclic) bond motifs is 1. The van der Waals surface area contributed by atoms with Gasteiger partial charge in [-0.05, 0) is 49.7 Å². The van der Waals surface area contributed by atoms with Crippen LogP contribution in [0.2, 0.25) is 0 Å². The van der Waals surface area contributed by atoms with Gasteiger partial charge in [-0.1, -0.05) is 12.1 Å². The molecule has 5 rings (SSSR count). The molecule has 1 saturated heterocycles. The third kappa shape index (κ3) is 3.69. The maximum atomic E-state index is 12.4. The summed E-state index contributed by atoms with van der Waals surface area (Å²) in [7, 11) is 0. The Balaban J connectivity index is 1.36. The van der Waals surface area contributed by atoms with E-state index in [0.29, 0.717) is 6.54 Å². The number of nitrogens with one attached hydrogen (secondary N) is 1. The molecule has 0 bridgehead atoms. The van der Waals surface area contributed by atoms with Crippen LogP contribution in [-0.4, -0.2) is 42.2 Å². The summed E-state index contributed by atoms with van der Waals surface area (Å²) >= 11 is 0. The molecule has 4 aromatic rings. The molecule has 1 aliphatic heterocycles. The quantitative estimate of drug-likeness (QED) is 0.571. The highest BCUT2D eigenvalue weighted by atomic mass is 16.1. The van der Waals surface area contributed by atoms with Crippen molar-refractivity contribution in [2.24, 2.45) is 0 Å². The largest absolute Gasteiger partial charge is 0.341 e.